The summed E-state index contributed by atoms with van der Waals surface area (Å²) >= 11 is 0. The van der Waals surface area contributed by atoms with Crippen molar-refractivity contribution in [1.82, 2.24) is 19.9 Å². The van der Waals surface area contributed by atoms with E-state index < -0.39 is 0 Å². The summed E-state index contributed by atoms with van der Waals surface area (Å²) in [5, 5.41) is 12.2. The van der Waals surface area contributed by atoms with E-state index in [9.17, 15) is 0 Å². The van der Waals surface area contributed by atoms with Gasteiger partial charge >= 0.3 is 0 Å². The van der Waals surface area contributed by atoms with Crippen LogP contribution in [0.2, 0.25) is 0 Å². The lowest BCUT2D eigenvalue weighted by atomic mass is 9.83. The molecule has 0 unspecified atom stereocenters. The van der Waals surface area contributed by atoms with E-state index in [0.717, 1.165) is 45.6 Å². The molecule has 2 aromatic heterocycles. The van der Waals surface area contributed by atoms with E-state index >= 15 is 0 Å². The number of fused-ring (bicyclic) bond motifs is 6. The molecule has 0 atom stereocenters. The second kappa shape index (κ2) is 8.27. The first-order valence-corrected chi connectivity index (χ1v) is 13.7. The number of nitrogens with zero attached hydrogens (tertiary/aromatic N) is 4. The van der Waals surface area contributed by atoms with Crippen LogP contribution in [0.4, 0.5) is 0 Å². The normalized spacial score (nSPS) is 12.0. The molecule has 4 heteroatoms. The number of hydrogen-bond donors (Lipinski definition) is 0. The maximum Gasteiger partial charge on any atom is 0.160 e. The number of hydrogen-bond acceptors (Lipinski definition) is 4. The highest BCUT2D eigenvalue weighted by atomic mass is 14.9. The summed E-state index contributed by atoms with van der Waals surface area (Å²) in [5.41, 5.74) is 5.99. The largest absolute Gasteiger partial charge is 0.233 e. The molecule has 0 aliphatic heterocycles. The SMILES string of the molecule is Cc1cc(C)nc(-c2ccc3c4ccccc4c4c(-c5nc(C)cc(C)n5)ccc5c6ccccc6c2c3c54)n1. The standard InChI is InChI=1S/C36H26N4/c1-19-17-20(2)38-35(37-19)29-15-13-27-24-10-6-8-12-26(24)32-30(36-39-21(3)18-22(4)40-36)16-14-28-23-9-5-7-11-25(23)31(29)33(27)34(28)32/h5-18H,1-4H3. The van der Waals surface area contributed by atoms with Crippen LogP contribution in [-0.2, 0) is 0 Å². The molecule has 0 aliphatic rings. The average molecular weight is 515 g/mol. The molecule has 8 aromatic rings. The minimum absolute atomic E-state index is 0.766. The number of rotatable bonds is 2. The second-order valence-corrected chi connectivity index (χ2v) is 10.9. The van der Waals surface area contributed by atoms with Gasteiger partial charge in [-0.1, -0.05) is 60.7 Å². The van der Waals surface area contributed by atoms with Gasteiger partial charge in [-0.2, -0.15) is 0 Å². The molecule has 6 aromatic carbocycles. The Morgan fingerprint density at radius 1 is 0.350 bits per heavy atom. The van der Waals surface area contributed by atoms with Crippen molar-refractivity contribution in [2.24, 2.45) is 0 Å². The summed E-state index contributed by atoms with van der Waals surface area (Å²) in [6.45, 7) is 8.15. The van der Waals surface area contributed by atoms with Crippen LogP contribution in [0.5, 0.6) is 0 Å². The Morgan fingerprint density at radius 2 is 0.675 bits per heavy atom. The first-order chi connectivity index (χ1) is 19.5. The Labute approximate surface area is 231 Å². The second-order valence-electron chi connectivity index (χ2n) is 10.9. The molecule has 0 spiro atoms. The Morgan fingerprint density at radius 3 is 1.05 bits per heavy atom. The zero-order valence-corrected chi connectivity index (χ0v) is 22.9. The Balaban J connectivity index is 1.69. The fraction of sp³-hybridized carbons (Fsp3) is 0.111. The smallest absolute Gasteiger partial charge is 0.160 e. The van der Waals surface area contributed by atoms with E-state index in [1.807, 2.05) is 39.8 Å². The molecule has 0 saturated carbocycles. The minimum atomic E-state index is 0.766. The predicted octanol–water partition coefficient (Wildman–Crippen LogP) is 9.04. The van der Waals surface area contributed by atoms with Crippen molar-refractivity contribution < 1.29 is 0 Å². The van der Waals surface area contributed by atoms with E-state index in [1.165, 1.54) is 53.9 Å². The summed E-state index contributed by atoms with van der Waals surface area (Å²) in [5.74, 6) is 1.53. The van der Waals surface area contributed by atoms with Gasteiger partial charge in [0.05, 0.1) is 0 Å². The van der Waals surface area contributed by atoms with Crippen molar-refractivity contribution in [3.05, 3.63) is 108 Å². The fourth-order valence-corrected chi connectivity index (χ4v) is 6.67. The quantitative estimate of drug-likeness (QED) is 0.171. The van der Waals surface area contributed by atoms with E-state index in [-0.39, 0.29) is 0 Å². The van der Waals surface area contributed by atoms with Crippen LogP contribution in [0.25, 0.3) is 76.6 Å². The van der Waals surface area contributed by atoms with Crippen LogP contribution in [0.15, 0.2) is 84.9 Å². The molecular weight excluding hydrogens is 488 g/mol. The minimum Gasteiger partial charge on any atom is -0.233 e. The van der Waals surface area contributed by atoms with Gasteiger partial charge in [-0.25, -0.2) is 19.9 Å². The van der Waals surface area contributed by atoms with Crippen LogP contribution in [0.3, 0.4) is 0 Å². The van der Waals surface area contributed by atoms with Gasteiger partial charge in [-0.15, -0.1) is 0 Å². The van der Waals surface area contributed by atoms with Gasteiger partial charge in [-0.3, -0.25) is 0 Å². The number of aromatic nitrogens is 4. The predicted molar refractivity (Wildman–Crippen MR) is 166 cm³/mol. The molecule has 0 radical (unpaired) electrons. The molecule has 0 saturated heterocycles. The molecule has 0 N–H and O–H groups in total. The van der Waals surface area contributed by atoms with E-state index in [2.05, 4.69) is 72.8 Å². The lowest BCUT2D eigenvalue weighted by Gasteiger charge is -2.21. The van der Waals surface area contributed by atoms with E-state index in [1.54, 1.807) is 0 Å². The monoisotopic (exact) mass is 514 g/mol. The summed E-state index contributed by atoms with van der Waals surface area (Å²) in [7, 11) is 0. The lowest BCUT2D eigenvalue weighted by Crippen LogP contribution is -1.99. The van der Waals surface area contributed by atoms with Crippen LogP contribution in [0.1, 0.15) is 22.8 Å². The third kappa shape index (κ3) is 3.19. The van der Waals surface area contributed by atoms with Crippen molar-refractivity contribution in [2.45, 2.75) is 27.7 Å². The first-order valence-electron chi connectivity index (χ1n) is 13.7. The highest BCUT2D eigenvalue weighted by molar-refractivity contribution is 6.42. The summed E-state index contributed by atoms with van der Waals surface area (Å²) < 4.78 is 0. The molecule has 0 fully saturated rings. The highest BCUT2D eigenvalue weighted by Crippen LogP contribution is 2.49. The van der Waals surface area contributed by atoms with Crippen molar-refractivity contribution in [3.63, 3.8) is 0 Å². The van der Waals surface area contributed by atoms with Crippen LogP contribution in [0, 0.1) is 27.7 Å². The lowest BCUT2D eigenvalue weighted by molar-refractivity contribution is 1.07. The van der Waals surface area contributed by atoms with E-state index in [0.29, 0.717) is 0 Å². The Kier molecular flexibility index (Phi) is 4.75. The van der Waals surface area contributed by atoms with Gasteiger partial charge in [0.2, 0.25) is 0 Å². The first kappa shape index (κ1) is 23.0. The van der Waals surface area contributed by atoms with Gasteiger partial charge in [-0.05, 0) is 95.1 Å². The van der Waals surface area contributed by atoms with Crippen molar-refractivity contribution in [1.29, 1.82) is 0 Å². The fourth-order valence-electron chi connectivity index (χ4n) is 6.67. The molecule has 0 amide bonds. The highest BCUT2D eigenvalue weighted by Gasteiger charge is 2.23. The molecule has 190 valence electrons. The van der Waals surface area contributed by atoms with Gasteiger partial charge in [0.1, 0.15) is 0 Å². The third-order valence-corrected chi connectivity index (χ3v) is 8.08. The number of benzene rings is 6. The van der Waals surface area contributed by atoms with E-state index in [4.69, 9.17) is 19.9 Å². The molecular formula is C36H26N4. The van der Waals surface area contributed by atoms with Crippen LogP contribution >= 0.6 is 0 Å². The molecule has 4 nitrogen and oxygen atoms in total. The molecule has 2 heterocycles. The zero-order chi connectivity index (χ0) is 27.1. The van der Waals surface area contributed by atoms with Crippen LogP contribution in [-0.4, -0.2) is 19.9 Å². The molecule has 40 heavy (non-hydrogen) atoms. The van der Waals surface area contributed by atoms with Gasteiger partial charge in [0.25, 0.3) is 0 Å². The zero-order valence-electron chi connectivity index (χ0n) is 22.9. The molecule has 0 bridgehead atoms. The third-order valence-electron chi connectivity index (χ3n) is 8.08. The molecule has 0 aliphatic carbocycles. The summed E-state index contributed by atoms with van der Waals surface area (Å²) in [6, 6.07) is 30.5. The topological polar surface area (TPSA) is 51.6 Å². The van der Waals surface area contributed by atoms with Crippen molar-refractivity contribution in [2.75, 3.05) is 0 Å². The maximum atomic E-state index is 4.91. The summed E-state index contributed by atoms with van der Waals surface area (Å²) in [4.78, 5) is 19.6. The van der Waals surface area contributed by atoms with Crippen LogP contribution < -0.4 is 0 Å². The van der Waals surface area contributed by atoms with Gasteiger partial charge in [0, 0.05) is 44.7 Å². The Bertz CT molecular complexity index is 2110. The maximum absolute atomic E-state index is 4.91. The van der Waals surface area contributed by atoms with Gasteiger partial charge < -0.3 is 0 Å². The summed E-state index contributed by atoms with van der Waals surface area (Å²) in [6.07, 6.45) is 0. The average Bonchev–Trinajstić information content (AvgIpc) is 2.95. The Hall–Kier alpha value is -4.96. The van der Waals surface area contributed by atoms with Crippen molar-refractivity contribution >= 4 is 53.9 Å². The molecule has 8 rings (SSSR count). The number of aryl methyl sites for hydroxylation is 4. The van der Waals surface area contributed by atoms with Gasteiger partial charge in [0.15, 0.2) is 11.6 Å². The van der Waals surface area contributed by atoms with Crippen molar-refractivity contribution in [3.8, 4) is 22.8 Å².